The number of rotatable bonds is 4. The van der Waals surface area contributed by atoms with Crippen LogP contribution >= 0.6 is 0 Å². The molecule has 1 fully saturated rings. The summed E-state index contributed by atoms with van der Waals surface area (Å²) in [5.74, 6) is -0.246. The fourth-order valence-corrected chi connectivity index (χ4v) is 2.17. The van der Waals surface area contributed by atoms with E-state index in [1.165, 1.54) is 0 Å². The fraction of sp³-hybridized carbons (Fsp3) is 0.615. The van der Waals surface area contributed by atoms with Crippen molar-refractivity contribution < 1.29 is 13.2 Å². The van der Waals surface area contributed by atoms with Gasteiger partial charge >= 0.3 is 6.18 Å². The van der Waals surface area contributed by atoms with Gasteiger partial charge in [0.25, 0.3) is 0 Å². The Morgan fingerprint density at radius 1 is 1.42 bits per heavy atom. The molecule has 0 aromatic carbocycles. The van der Waals surface area contributed by atoms with Gasteiger partial charge in [-0.2, -0.15) is 13.2 Å². The number of nitrogens with one attached hydrogen (secondary N) is 1. The lowest BCUT2D eigenvalue weighted by atomic mass is 9.99. The number of anilines is 1. The molecular formula is C13H18F3N3. The SMILES string of the molecule is CNCC(C)c1ccc(N2CC(C(F)(F)F)C2)nc1. The summed E-state index contributed by atoms with van der Waals surface area (Å²) in [7, 11) is 1.88. The molecule has 0 bridgehead atoms. The monoisotopic (exact) mass is 273 g/mol. The molecule has 2 heterocycles. The summed E-state index contributed by atoms with van der Waals surface area (Å²) in [5, 5.41) is 3.08. The molecule has 1 aromatic rings. The summed E-state index contributed by atoms with van der Waals surface area (Å²) >= 11 is 0. The van der Waals surface area contributed by atoms with E-state index in [9.17, 15) is 13.2 Å². The minimum Gasteiger partial charge on any atom is -0.355 e. The molecule has 0 radical (unpaired) electrons. The van der Waals surface area contributed by atoms with Crippen LogP contribution in [0.15, 0.2) is 18.3 Å². The van der Waals surface area contributed by atoms with E-state index in [-0.39, 0.29) is 13.1 Å². The van der Waals surface area contributed by atoms with Gasteiger partial charge in [0, 0.05) is 25.8 Å². The number of halogens is 3. The predicted molar refractivity (Wildman–Crippen MR) is 68.3 cm³/mol. The summed E-state index contributed by atoms with van der Waals surface area (Å²) in [4.78, 5) is 5.91. The van der Waals surface area contributed by atoms with Gasteiger partial charge in [-0.25, -0.2) is 4.98 Å². The first-order valence-corrected chi connectivity index (χ1v) is 6.34. The van der Waals surface area contributed by atoms with E-state index < -0.39 is 12.1 Å². The molecule has 1 aliphatic rings. The number of pyridine rings is 1. The Balaban J connectivity index is 1.94. The number of nitrogens with zero attached hydrogens (tertiary/aromatic N) is 2. The standard InChI is InChI=1S/C13H18F3N3/c1-9(5-17-2)10-3-4-12(18-6-10)19-7-11(8-19)13(14,15)16/h3-4,6,9,11,17H,5,7-8H2,1-2H3. The molecule has 1 atom stereocenters. The lowest BCUT2D eigenvalue weighted by Gasteiger charge is -2.40. The molecule has 1 N–H and O–H groups in total. The maximum absolute atomic E-state index is 12.4. The van der Waals surface area contributed by atoms with Gasteiger partial charge in [-0.15, -0.1) is 0 Å². The van der Waals surface area contributed by atoms with E-state index in [4.69, 9.17) is 0 Å². The fourth-order valence-electron chi connectivity index (χ4n) is 2.17. The smallest absolute Gasteiger partial charge is 0.355 e. The van der Waals surface area contributed by atoms with Crippen LogP contribution in [0.2, 0.25) is 0 Å². The van der Waals surface area contributed by atoms with E-state index in [2.05, 4.69) is 17.2 Å². The van der Waals surface area contributed by atoms with E-state index in [0.717, 1.165) is 12.1 Å². The second kappa shape index (κ2) is 5.36. The van der Waals surface area contributed by atoms with Crippen LogP contribution in [0.4, 0.5) is 19.0 Å². The minimum absolute atomic E-state index is 0.0158. The summed E-state index contributed by atoms with van der Waals surface area (Å²) < 4.78 is 37.2. The van der Waals surface area contributed by atoms with E-state index in [1.807, 2.05) is 13.1 Å². The second-order valence-corrected chi connectivity index (χ2v) is 5.05. The van der Waals surface area contributed by atoms with E-state index >= 15 is 0 Å². The van der Waals surface area contributed by atoms with Crippen LogP contribution in [0, 0.1) is 5.92 Å². The Kier molecular flexibility index (Phi) is 3.99. The van der Waals surface area contributed by atoms with Crippen LogP contribution in [0.3, 0.4) is 0 Å². The normalized spacial score (nSPS) is 18.3. The van der Waals surface area contributed by atoms with Gasteiger partial charge in [0.1, 0.15) is 5.82 Å². The minimum atomic E-state index is -4.09. The van der Waals surface area contributed by atoms with Crippen molar-refractivity contribution >= 4 is 5.82 Å². The zero-order valence-electron chi connectivity index (χ0n) is 11.0. The average Bonchev–Trinajstić information content (AvgIpc) is 2.26. The van der Waals surface area contributed by atoms with Gasteiger partial charge in [-0.1, -0.05) is 13.0 Å². The molecule has 1 unspecified atom stereocenters. The van der Waals surface area contributed by atoms with Crippen molar-refractivity contribution in [3.05, 3.63) is 23.9 Å². The van der Waals surface area contributed by atoms with Crippen LogP contribution in [0.5, 0.6) is 0 Å². The molecule has 1 saturated heterocycles. The molecule has 3 nitrogen and oxygen atoms in total. The summed E-state index contributed by atoms with van der Waals surface area (Å²) in [6.45, 7) is 2.96. The molecule has 0 amide bonds. The van der Waals surface area contributed by atoms with Crippen molar-refractivity contribution in [3.8, 4) is 0 Å². The van der Waals surface area contributed by atoms with Crippen LogP contribution in [-0.4, -0.2) is 37.8 Å². The van der Waals surface area contributed by atoms with Crippen molar-refractivity contribution in [2.24, 2.45) is 5.92 Å². The van der Waals surface area contributed by atoms with E-state index in [0.29, 0.717) is 11.7 Å². The quantitative estimate of drug-likeness (QED) is 0.913. The third-order valence-electron chi connectivity index (χ3n) is 3.52. The molecule has 0 aliphatic carbocycles. The first-order valence-electron chi connectivity index (χ1n) is 6.34. The molecule has 2 rings (SSSR count). The lowest BCUT2D eigenvalue weighted by molar-refractivity contribution is -0.180. The third kappa shape index (κ3) is 3.18. The maximum atomic E-state index is 12.4. The van der Waals surface area contributed by atoms with Gasteiger partial charge in [0.15, 0.2) is 0 Å². The van der Waals surface area contributed by atoms with Gasteiger partial charge in [0.2, 0.25) is 0 Å². The second-order valence-electron chi connectivity index (χ2n) is 5.05. The summed E-state index contributed by atoms with van der Waals surface area (Å²) in [5.41, 5.74) is 1.09. The average molecular weight is 273 g/mol. The Bertz CT molecular complexity index is 410. The zero-order chi connectivity index (χ0) is 14.0. The van der Waals surface area contributed by atoms with Crippen LogP contribution in [-0.2, 0) is 0 Å². The molecule has 0 saturated carbocycles. The number of likely N-dealkylation sites (N-methyl/N-ethyl adjacent to an activating group) is 1. The first-order chi connectivity index (χ1) is 8.91. The first kappa shape index (κ1) is 14.1. The molecule has 1 aliphatic heterocycles. The largest absolute Gasteiger partial charge is 0.395 e. The Labute approximate surface area is 110 Å². The topological polar surface area (TPSA) is 28.2 Å². The molecule has 1 aromatic heterocycles. The van der Waals surface area contributed by atoms with Crippen molar-refractivity contribution in [3.63, 3.8) is 0 Å². The molecule has 19 heavy (non-hydrogen) atoms. The molecule has 106 valence electrons. The Hall–Kier alpha value is -1.30. The van der Waals surface area contributed by atoms with Gasteiger partial charge in [-0.05, 0) is 24.6 Å². The van der Waals surface area contributed by atoms with Crippen LogP contribution in [0.1, 0.15) is 18.4 Å². The number of hydrogen-bond donors (Lipinski definition) is 1. The predicted octanol–water partition coefficient (Wildman–Crippen LogP) is 2.40. The highest BCUT2D eigenvalue weighted by atomic mass is 19.4. The molecular weight excluding hydrogens is 255 g/mol. The van der Waals surface area contributed by atoms with E-state index in [1.54, 1.807) is 17.2 Å². The molecule has 0 spiro atoms. The summed E-state index contributed by atoms with van der Waals surface area (Å²) in [6.07, 6.45) is -2.34. The third-order valence-corrected chi connectivity index (χ3v) is 3.52. The highest BCUT2D eigenvalue weighted by molar-refractivity contribution is 5.43. The van der Waals surface area contributed by atoms with Crippen molar-refractivity contribution in [2.45, 2.75) is 19.0 Å². The highest BCUT2D eigenvalue weighted by Gasteiger charge is 2.47. The van der Waals surface area contributed by atoms with Crippen molar-refractivity contribution in [1.82, 2.24) is 10.3 Å². The molecule has 6 heteroatoms. The number of aromatic nitrogens is 1. The zero-order valence-corrected chi connectivity index (χ0v) is 11.0. The number of hydrogen-bond acceptors (Lipinski definition) is 3. The van der Waals surface area contributed by atoms with Crippen LogP contribution < -0.4 is 10.2 Å². The van der Waals surface area contributed by atoms with Gasteiger partial charge < -0.3 is 10.2 Å². The van der Waals surface area contributed by atoms with Crippen LogP contribution in [0.25, 0.3) is 0 Å². The van der Waals surface area contributed by atoms with Gasteiger partial charge in [-0.3, -0.25) is 0 Å². The number of alkyl halides is 3. The Morgan fingerprint density at radius 3 is 2.58 bits per heavy atom. The highest BCUT2D eigenvalue weighted by Crippen LogP contribution is 2.35. The lowest BCUT2D eigenvalue weighted by Crippen LogP contribution is -2.53. The van der Waals surface area contributed by atoms with Gasteiger partial charge in [0.05, 0.1) is 5.92 Å². The summed E-state index contributed by atoms with van der Waals surface area (Å²) in [6, 6.07) is 3.74. The van der Waals surface area contributed by atoms with Crippen molar-refractivity contribution in [1.29, 1.82) is 0 Å². The Morgan fingerprint density at radius 2 is 2.11 bits per heavy atom. The maximum Gasteiger partial charge on any atom is 0.395 e. The van der Waals surface area contributed by atoms with Crippen molar-refractivity contribution in [2.75, 3.05) is 31.6 Å².